The van der Waals surface area contributed by atoms with E-state index in [0.29, 0.717) is 0 Å². The summed E-state index contributed by atoms with van der Waals surface area (Å²) >= 11 is 1.08. The van der Waals surface area contributed by atoms with Gasteiger partial charge in [-0.05, 0) is 12.3 Å². The fourth-order valence-electron chi connectivity index (χ4n) is 1.28. The SMILES string of the molecule is CSC(=Nc1cc(C#N)c(C#N)cc1[N+](=O)[O-])NC#N. The van der Waals surface area contributed by atoms with Crippen molar-refractivity contribution in [2.75, 3.05) is 6.26 Å². The Morgan fingerprint density at radius 2 is 1.95 bits per heavy atom. The van der Waals surface area contributed by atoms with Gasteiger partial charge in [-0.25, -0.2) is 4.99 Å². The monoisotopic (exact) mass is 286 g/mol. The second-order valence-electron chi connectivity index (χ2n) is 3.23. The topological polar surface area (TPSA) is 139 Å². The number of rotatable bonds is 2. The van der Waals surface area contributed by atoms with Gasteiger partial charge in [-0.2, -0.15) is 15.8 Å². The first-order valence-electron chi connectivity index (χ1n) is 4.97. The highest BCUT2D eigenvalue weighted by atomic mass is 32.2. The number of nitro groups is 1. The van der Waals surface area contributed by atoms with Gasteiger partial charge in [-0.1, -0.05) is 11.8 Å². The molecule has 20 heavy (non-hydrogen) atoms. The van der Waals surface area contributed by atoms with Crippen LogP contribution >= 0.6 is 11.8 Å². The van der Waals surface area contributed by atoms with E-state index in [1.807, 2.05) is 0 Å². The standard InChI is InChI=1S/C11H6N6O2S/c1-20-11(15-6-14)16-9-2-7(4-12)8(5-13)3-10(9)17(18)19/h2-3H,1H3,(H,15,16). The lowest BCUT2D eigenvalue weighted by molar-refractivity contribution is -0.384. The van der Waals surface area contributed by atoms with Crippen LogP contribution in [0.5, 0.6) is 0 Å². The molecule has 0 aliphatic rings. The summed E-state index contributed by atoms with van der Waals surface area (Å²) in [7, 11) is 0. The molecule has 1 aromatic rings. The first kappa shape index (κ1) is 15.0. The fourth-order valence-corrected chi connectivity index (χ4v) is 1.62. The molecule has 1 rings (SSSR count). The van der Waals surface area contributed by atoms with Gasteiger partial charge in [-0.3, -0.25) is 15.4 Å². The molecule has 0 aliphatic heterocycles. The minimum Gasteiger partial charge on any atom is -0.271 e. The van der Waals surface area contributed by atoms with Crippen molar-refractivity contribution in [2.45, 2.75) is 0 Å². The lowest BCUT2D eigenvalue weighted by Crippen LogP contribution is -2.12. The number of hydrogen-bond donors (Lipinski definition) is 1. The first-order valence-corrected chi connectivity index (χ1v) is 6.20. The lowest BCUT2D eigenvalue weighted by Gasteiger charge is -2.03. The van der Waals surface area contributed by atoms with Crippen molar-refractivity contribution in [1.29, 1.82) is 15.8 Å². The van der Waals surface area contributed by atoms with Gasteiger partial charge in [-0.15, -0.1) is 0 Å². The average Bonchev–Trinajstić information content (AvgIpc) is 2.45. The van der Waals surface area contributed by atoms with Gasteiger partial charge in [0.25, 0.3) is 5.69 Å². The molecule has 9 heteroatoms. The van der Waals surface area contributed by atoms with Crippen LogP contribution in [0.3, 0.4) is 0 Å². The third-order valence-electron chi connectivity index (χ3n) is 2.13. The Morgan fingerprint density at radius 3 is 2.40 bits per heavy atom. The summed E-state index contributed by atoms with van der Waals surface area (Å²) in [4.78, 5) is 14.2. The van der Waals surface area contributed by atoms with E-state index in [1.165, 1.54) is 0 Å². The van der Waals surface area contributed by atoms with Crippen LogP contribution in [0.15, 0.2) is 17.1 Å². The summed E-state index contributed by atoms with van der Waals surface area (Å²) in [6, 6.07) is 5.62. The van der Waals surface area contributed by atoms with Gasteiger partial charge < -0.3 is 0 Å². The number of nitrogens with zero attached hydrogens (tertiary/aromatic N) is 5. The Balaban J connectivity index is 3.54. The van der Waals surface area contributed by atoms with Crippen LogP contribution in [0.1, 0.15) is 11.1 Å². The largest absolute Gasteiger partial charge is 0.296 e. The third-order valence-corrected chi connectivity index (χ3v) is 2.71. The Morgan fingerprint density at radius 1 is 1.35 bits per heavy atom. The summed E-state index contributed by atoms with van der Waals surface area (Å²) < 4.78 is 0. The molecule has 0 saturated carbocycles. The number of amidine groups is 1. The van der Waals surface area contributed by atoms with Gasteiger partial charge in [0.1, 0.15) is 17.8 Å². The molecule has 8 nitrogen and oxygen atoms in total. The molecule has 0 radical (unpaired) electrons. The second-order valence-corrected chi connectivity index (χ2v) is 4.02. The van der Waals surface area contributed by atoms with Crippen molar-refractivity contribution < 1.29 is 4.92 Å². The Bertz CT molecular complexity index is 707. The summed E-state index contributed by atoms with van der Waals surface area (Å²) in [6.07, 6.45) is 3.28. The quantitative estimate of drug-likeness (QED) is 0.218. The number of benzene rings is 1. The molecule has 0 atom stereocenters. The van der Waals surface area contributed by atoms with Crippen molar-refractivity contribution in [3.05, 3.63) is 33.4 Å². The minimum absolute atomic E-state index is 0.0192. The van der Waals surface area contributed by atoms with Crippen molar-refractivity contribution in [1.82, 2.24) is 5.32 Å². The maximum atomic E-state index is 11.0. The molecule has 0 unspecified atom stereocenters. The predicted molar refractivity (Wildman–Crippen MR) is 71.9 cm³/mol. The molecule has 0 aliphatic carbocycles. The van der Waals surface area contributed by atoms with Crippen LogP contribution in [-0.4, -0.2) is 16.3 Å². The van der Waals surface area contributed by atoms with Crippen LogP contribution in [-0.2, 0) is 0 Å². The van der Waals surface area contributed by atoms with Crippen LogP contribution < -0.4 is 5.32 Å². The molecule has 1 aromatic carbocycles. The zero-order chi connectivity index (χ0) is 15.1. The van der Waals surface area contributed by atoms with E-state index in [4.69, 9.17) is 15.8 Å². The molecular formula is C11H6N6O2S. The Hall–Kier alpha value is -3.09. The summed E-state index contributed by atoms with van der Waals surface area (Å²) in [5.74, 6) is 0. The maximum absolute atomic E-state index is 11.0. The summed E-state index contributed by atoms with van der Waals surface area (Å²) in [6.45, 7) is 0. The van der Waals surface area contributed by atoms with E-state index in [2.05, 4.69) is 10.3 Å². The minimum atomic E-state index is -0.703. The van der Waals surface area contributed by atoms with Crippen LogP contribution in [0.4, 0.5) is 11.4 Å². The van der Waals surface area contributed by atoms with Crippen LogP contribution in [0, 0.1) is 44.2 Å². The van der Waals surface area contributed by atoms with E-state index >= 15 is 0 Å². The number of aliphatic imine (C=N–C) groups is 1. The maximum Gasteiger partial charge on any atom is 0.296 e. The molecule has 0 spiro atoms. The molecule has 0 aromatic heterocycles. The van der Waals surface area contributed by atoms with E-state index in [-0.39, 0.29) is 22.0 Å². The predicted octanol–water partition coefficient (Wildman–Crippen LogP) is 1.76. The van der Waals surface area contributed by atoms with E-state index < -0.39 is 10.6 Å². The van der Waals surface area contributed by atoms with Crippen LogP contribution in [0.25, 0.3) is 0 Å². The van der Waals surface area contributed by atoms with E-state index in [1.54, 1.807) is 24.6 Å². The molecule has 0 fully saturated rings. The number of nitro benzene ring substituents is 1. The van der Waals surface area contributed by atoms with E-state index in [9.17, 15) is 10.1 Å². The summed E-state index contributed by atoms with van der Waals surface area (Å²) in [5.41, 5.74) is -0.629. The molecule has 0 bridgehead atoms. The Kier molecular flexibility index (Phi) is 5.04. The number of hydrogen-bond acceptors (Lipinski definition) is 7. The normalized spacial score (nSPS) is 10.0. The Labute approximate surface area is 118 Å². The second kappa shape index (κ2) is 6.74. The lowest BCUT2D eigenvalue weighted by atomic mass is 10.1. The van der Waals surface area contributed by atoms with Gasteiger partial charge in [0.05, 0.1) is 16.1 Å². The molecule has 1 N–H and O–H groups in total. The zero-order valence-corrected chi connectivity index (χ0v) is 10.9. The number of nitriles is 3. The molecule has 0 heterocycles. The van der Waals surface area contributed by atoms with Crippen molar-refractivity contribution in [2.24, 2.45) is 4.99 Å². The molecular weight excluding hydrogens is 280 g/mol. The third kappa shape index (κ3) is 3.22. The van der Waals surface area contributed by atoms with E-state index in [0.717, 1.165) is 23.9 Å². The number of thioether (sulfide) groups is 1. The highest BCUT2D eigenvalue weighted by Gasteiger charge is 2.18. The van der Waals surface area contributed by atoms with Gasteiger partial charge in [0, 0.05) is 6.07 Å². The van der Waals surface area contributed by atoms with Crippen molar-refractivity contribution >= 4 is 28.3 Å². The van der Waals surface area contributed by atoms with Crippen molar-refractivity contribution in [3.63, 3.8) is 0 Å². The van der Waals surface area contributed by atoms with Gasteiger partial charge in [0.2, 0.25) is 0 Å². The zero-order valence-electron chi connectivity index (χ0n) is 10.1. The highest BCUT2D eigenvalue weighted by molar-refractivity contribution is 8.13. The fraction of sp³-hybridized carbons (Fsp3) is 0.0909. The highest BCUT2D eigenvalue weighted by Crippen LogP contribution is 2.31. The van der Waals surface area contributed by atoms with Gasteiger partial charge in [0.15, 0.2) is 11.4 Å². The molecule has 0 saturated heterocycles. The van der Waals surface area contributed by atoms with Crippen molar-refractivity contribution in [3.8, 4) is 18.3 Å². The first-order chi connectivity index (χ1) is 9.57. The van der Waals surface area contributed by atoms with Crippen LogP contribution in [0.2, 0.25) is 0 Å². The smallest absolute Gasteiger partial charge is 0.271 e. The summed E-state index contributed by atoms with van der Waals surface area (Å²) in [5, 5.41) is 39.6. The average molecular weight is 286 g/mol. The molecule has 98 valence electrons. The number of nitrogens with one attached hydrogen (secondary N) is 1. The molecule has 0 amide bonds. The van der Waals surface area contributed by atoms with Gasteiger partial charge >= 0.3 is 0 Å².